The van der Waals surface area contributed by atoms with Gasteiger partial charge in [0, 0.05) is 18.8 Å². The van der Waals surface area contributed by atoms with E-state index in [2.05, 4.69) is 15.3 Å². The molecule has 0 radical (unpaired) electrons. The summed E-state index contributed by atoms with van der Waals surface area (Å²) in [6.07, 6.45) is 2.85. The number of nitrogens with zero attached hydrogens (tertiary/aromatic N) is 1. The van der Waals surface area contributed by atoms with Crippen molar-refractivity contribution in [2.45, 2.75) is 18.4 Å². The first-order valence-corrected chi connectivity index (χ1v) is 6.67. The number of carbonyl (C=O) groups is 1. The zero-order valence-corrected chi connectivity index (χ0v) is 11.1. The lowest BCUT2D eigenvalue weighted by Crippen LogP contribution is -2.54. The van der Waals surface area contributed by atoms with E-state index in [0.29, 0.717) is 31.6 Å². The van der Waals surface area contributed by atoms with Gasteiger partial charge in [0.05, 0.1) is 29.5 Å². The van der Waals surface area contributed by atoms with E-state index < -0.39 is 5.54 Å². The molecule has 0 aliphatic carbocycles. The predicted molar refractivity (Wildman–Crippen MR) is 73.4 cm³/mol. The summed E-state index contributed by atoms with van der Waals surface area (Å²) in [5, 5.41) is 12.5. The Morgan fingerprint density at radius 3 is 3.00 bits per heavy atom. The minimum Gasteiger partial charge on any atom is -0.394 e. The van der Waals surface area contributed by atoms with Crippen molar-refractivity contribution in [3.63, 3.8) is 0 Å². The number of carbonyl (C=O) groups excluding carboxylic acids is 1. The number of hydrogen-bond donors (Lipinski definition) is 3. The van der Waals surface area contributed by atoms with Crippen LogP contribution in [-0.2, 0) is 4.74 Å². The van der Waals surface area contributed by atoms with Crippen molar-refractivity contribution >= 4 is 16.9 Å². The molecule has 1 aliphatic heterocycles. The monoisotopic (exact) mass is 275 g/mol. The Morgan fingerprint density at radius 1 is 1.45 bits per heavy atom. The van der Waals surface area contributed by atoms with Gasteiger partial charge in [-0.05, 0) is 31.0 Å². The number of hydrogen-bond acceptors (Lipinski definition) is 4. The van der Waals surface area contributed by atoms with Crippen molar-refractivity contribution in [1.82, 2.24) is 15.3 Å². The van der Waals surface area contributed by atoms with Crippen molar-refractivity contribution in [1.29, 1.82) is 0 Å². The maximum absolute atomic E-state index is 12.3. The Hall–Kier alpha value is -1.92. The standard InChI is InChI=1S/C14H17N3O3/c18-8-14(3-5-20-6-4-14)17-13(19)10-1-2-11-12(7-10)16-9-15-11/h1-2,7,9,18H,3-6,8H2,(H,15,16)(H,17,19). The summed E-state index contributed by atoms with van der Waals surface area (Å²) in [7, 11) is 0. The smallest absolute Gasteiger partial charge is 0.251 e. The average molecular weight is 275 g/mol. The molecule has 2 heterocycles. The van der Waals surface area contributed by atoms with E-state index in [1.54, 1.807) is 24.5 Å². The average Bonchev–Trinajstić information content (AvgIpc) is 2.95. The van der Waals surface area contributed by atoms with Gasteiger partial charge >= 0.3 is 0 Å². The highest BCUT2D eigenvalue weighted by molar-refractivity contribution is 5.97. The quantitative estimate of drug-likeness (QED) is 0.774. The van der Waals surface area contributed by atoms with Crippen LogP contribution in [0.5, 0.6) is 0 Å². The van der Waals surface area contributed by atoms with Gasteiger partial charge in [0.1, 0.15) is 0 Å². The molecule has 1 amide bonds. The summed E-state index contributed by atoms with van der Waals surface area (Å²) in [5.74, 6) is -0.183. The molecule has 3 N–H and O–H groups in total. The van der Waals surface area contributed by atoms with Gasteiger partial charge in [-0.3, -0.25) is 4.79 Å². The SMILES string of the molecule is O=C(NC1(CO)CCOCC1)c1ccc2nc[nH]c2c1. The molecular formula is C14H17N3O3. The Labute approximate surface area is 116 Å². The van der Waals surface area contributed by atoms with Crippen molar-refractivity contribution in [2.24, 2.45) is 0 Å². The number of imidazole rings is 1. The molecule has 2 aromatic rings. The molecule has 3 rings (SSSR count). The lowest BCUT2D eigenvalue weighted by molar-refractivity contribution is 0.0125. The number of aliphatic hydroxyl groups excluding tert-OH is 1. The molecule has 0 spiro atoms. The van der Waals surface area contributed by atoms with Crippen LogP contribution in [0.15, 0.2) is 24.5 Å². The van der Waals surface area contributed by atoms with Gasteiger partial charge in [0.25, 0.3) is 5.91 Å². The molecule has 1 aromatic heterocycles. The number of aromatic nitrogens is 2. The molecule has 1 fully saturated rings. The molecule has 0 unspecified atom stereocenters. The lowest BCUT2D eigenvalue weighted by Gasteiger charge is -2.36. The van der Waals surface area contributed by atoms with E-state index in [4.69, 9.17) is 4.74 Å². The number of rotatable bonds is 3. The first-order valence-electron chi connectivity index (χ1n) is 6.67. The third-order valence-electron chi connectivity index (χ3n) is 3.81. The van der Waals surface area contributed by atoms with E-state index in [1.807, 2.05) is 0 Å². The molecule has 1 aliphatic rings. The molecule has 1 saturated heterocycles. The fraction of sp³-hybridized carbons (Fsp3) is 0.429. The second kappa shape index (κ2) is 5.22. The fourth-order valence-corrected chi connectivity index (χ4v) is 2.47. The van der Waals surface area contributed by atoms with E-state index in [9.17, 15) is 9.90 Å². The van der Waals surface area contributed by atoms with Crippen LogP contribution in [0.25, 0.3) is 11.0 Å². The van der Waals surface area contributed by atoms with Crippen molar-refractivity contribution in [3.05, 3.63) is 30.1 Å². The Bertz CT molecular complexity index is 617. The third kappa shape index (κ3) is 2.39. The number of nitrogens with one attached hydrogen (secondary N) is 2. The van der Waals surface area contributed by atoms with E-state index >= 15 is 0 Å². The molecule has 0 bridgehead atoms. The number of amides is 1. The molecule has 6 heteroatoms. The van der Waals surface area contributed by atoms with E-state index in [1.165, 1.54) is 0 Å². The van der Waals surface area contributed by atoms with Crippen LogP contribution in [-0.4, -0.2) is 46.3 Å². The minimum absolute atomic E-state index is 0.0750. The first-order chi connectivity index (χ1) is 9.72. The molecule has 0 atom stereocenters. The van der Waals surface area contributed by atoms with Crippen LogP contribution in [0.2, 0.25) is 0 Å². The van der Waals surface area contributed by atoms with Crippen LogP contribution in [0.4, 0.5) is 0 Å². The van der Waals surface area contributed by atoms with Gasteiger partial charge in [0.15, 0.2) is 0 Å². The Kier molecular flexibility index (Phi) is 3.42. The van der Waals surface area contributed by atoms with Crippen molar-refractivity contribution < 1.29 is 14.6 Å². The van der Waals surface area contributed by atoms with E-state index in [-0.39, 0.29) is 12.5 Å². The van der Waals surface area contributed by atoms with Crippen LogP contribution < -0.4 is 5.32 Å². The second-order valence-electron chi connectivity index (χ2n) is 5.14. The third-order valence-corrected chi connectivity index (χ3v) is 3.81. The fourth-order valence-electron chi connectivity index (χ4n) is 2.47. The summed E-state index contributed by atoms with van der Waals surface area (Å²) in [6.45, 7) is 1.04. The predicted octanol–water partition coefficient (Wildman–Crippen LogP) is 0.834. The topological polar surface area (TPSA) is 87.2 Å². The minimum atomic E-state index is -0.571. The summed E-state index contributed by atoms with van der Waals surface area (Å²) in [5.41, 5.74) is 1.63. The van der Waals surface area contributed by atoms with Crippen LogP contribution >= 0.6 is 0 Å². The molecular weight excluding hydrogens is 258 g/mol. The number of H-pyrrole nitrogens is 1. The highest BCUT2D eigenvalue weighted by Gasteiger charge is 2.33. The summed E-state index contributed by atoms with van der Waals surface area (Å²) >= 11 is 0. The zero-order valence-electron chi connectivity index (χ0n) is 11.1. The highest BCUT2D eigenvalue weighted by atomic mass is 16.5. The zero-order chi connectivity index (χ0) is 14.0. The lowest BCUT2D eigenvalue weighted by atomic mass is 9.90. The number of aromatic amines is 1. The van der Waals surface area contributed by atoms with Gasteiger partial charge in [-0.1, -0.05) is 0 Å². The van der Waals surface area contributed by atoms with Gasteiger partial charge in [-0.15, -0.1) is 0 Å². The summed E-state index contributed by atoms with van der Waals surface area (Å²) in [4.78, 5) is 19.4. The molecule has 0 saturated carbocycles. The van der Waals surface area contributed by atoms with Crippen molar-refractivity contribution in [3.8, 4) is 0 Å². The van der Waals surface area contributed by atoms with Gasteiger partial charge in [-0.25, -0.2) is 4.98 Å². The highest BCUT2D eigenvalue weighted by Crippen LogP contribution is 2.21. The van der Waals surface area contributed by atoms with Crippen LogP contribution in [0.3, 0.4) is 0 Å². The van der Waals surface area contributed by atoms with Gasteiger partial charge in [-0.2, -0.15) is 0 Å². The largest absolute Gasteiger partial charge is 0.394 e. The number of benzene rings is 1. The van der Waals surface area contributed by atoms with E-state index in [0.717, 1.165) is 11.0 Å². The number of ether oxygens (including phenoxy) is 1. The van der Waals surface area contributed by atoms with Gasteiger partial charge in [0.2, 0.25) is 0 Å². The normalized spacial score (nSPS) is 18.1. The summed E-state index contributed by atoms with van der Waals surface area (Å²) < 4.78 is 5.29. The molecule has 6 nitrogen and oxygen atoms in total. The van der Waals surface area contributed by atoms with Crippen molar-refractivity contribution in [2.75, 3.05) is 19.8 Å². The second-order valence-corrected chi connectivity index (χ2v) is 5.14. The summed E-state index contributed by atoms with van der Waals surface area (Å²) in [6, 6.07) is 5.31. The Balaban J connectivity index is 1.80. The Morgan fingerprint density at radius 2 is 2.25 bits per heavy atom. The molecule has 106 valence electrons. The maximum atomic E-state index is 12.3. The number of fused-ring (bicyclic) bond motifs is 1. The first kappa shape index (κ1) is 13.1. The maximum Gasteiger partial charge on any atom is 0.251 e. The number of aliphatic hydroxyl groups is 1. The molecule has 1 aromatic carbocycles. The van der Waals surface area contributed by atoms with Gasteiger partial charge < -0.3 is 20.1 Å². The van der Waals surface area contributed by atoms with Crippen LogP contribution in [0, 0.1) is 0 Å². The van der Waals surface area contributed by atoms with Crippen LogP contribution in [0.1, 0.15) is 23.2 Å². The molecule has 20 heavy (non-hydrogen) atoms.